The first-order valence-corrected chi connectivity index (χ1v) is 7.81. The van der Waals surface area contributed by atoms with Gasteiger partial charge in [0.05, 0.1) is 25.0 Å². The largest absolute Gasteiger partial charge is 0.494 e. The fourth-order valence-electron chi connectivity index (χ4n) is 2.11. The van der Waals surface area contributed by atoms with E-state index in [1.54, 1.807) is 18.2 Å². The Morgan fingerprint density at radius 2 is 1.83 bits per heavy atom. The Morgan fingerprint density at radius 3 is 2.57 bits per heavy atom. The molecule has 0 saturated carbocycles. The topological polar surface area (TPSA) is 34.1 Å². The van der Waals surface area contributed by atoms with Crippen LogP contribution in [0.2, 0.25) is 0 Å². The molecule has 6 heteroatoms. The Hall–Kier alpha value is -2.47. The van der Waals surface area contributed by atoms with Crippen LogP contribution in [0.1, 0.15) is 5.69 Å². The van der Waals surface area contributed by atoms with E-state index >= 15 is 0 Å². The molecule has 3 rings (SSSR count). The van der Waals surface area contributed by atoms with E-state index in [4.69, 9.17) is 4.74 Å². The van der Waals surface area contributed by atoms with Crippen LogP contribution in [0.15, 0.2) is 47.8 Å². The third-order valence-electron chi connectivity index (χ3n) is 3.27. The smallest absolute Gasteiger partial charge is 0.144 e. The number of thiazole rings is 1. The Bertz CT molecular complexity index is 803. The normalized spacial score (nSPS) is 10.6. The highest BCUT2D eigenvalue weighted by Crippen LogP contribution is 2.27. The maximum atomic E-state index is 13.2. The molecule has 0 aliphatic carbocycles. The minimum Gasteiger partial charge on any atom is -0.494 e. The van der Waals surface area contributed by atoms with E-state index in [2.05, 4.69) is 10.3 Å². The third-order valence-corrected chi connectivity index (χ3v) is 4.21. The van der Waals surface area contributed by atoms with Gasteiger partial charge >= 0.3 is 0 Å². The SMILES string of the molecule is COc1cc(F)ccc1NCc1csc(-c2ccc(F)cc2)n1. The lowest BCUT2D eigenvalue weighted by Crippen LogP contribution is -2.02. The molecule has 0 atom stereocenters. The van der Waals surface area contributed by atoms with E-state index in [0.29, 0.717) is 18.0 Å². The van der Waals surface area contributed by atoms with Crippen molar-refractivity contribution in [3.63, 3.8) is 0 Å². The summed E-state index contributed by atoms with van der Waals surface area (Å²) in [5, 5.41) is 5.93. The zero-order chi connectivity index (χ0) is 16.2. The van der Waals surface area contributed by atoms with Gasteiger partial charge in [-0.05, 0) is 36.4 Å². The second kappa shape index (κ2) is 6.75. The average molecular weight is 332 g/mol. The molecule has 118 valence electrons. The second-order valence-corrected chi connectivity index (χ2v) is 5.71. The summed E-state index contributed by atoms with van der Waals surface area (Å²) in [6.07, 6.45) is 0. The van der Waals surface area contributed by atoms with Crippen molar-refractivity contribution in [1.82, 2.24) is 4.98 Å². The van der Waals surface area contributed by atoms with Gasteiger partial charge < -0.3 is 10.1 Å². The van der Waals surface area contributed by atoms with Crippen molar-refractivity contribution in [3.05, 3.63) is 65.2 Å². The highest BCUT2D eigenvalue weighted by Gasteiger charge is 2.07. The van der Waals surface area contributed by atoms with Crippen LogP contribution in [-0.2, 0) is 6.54 Å². The zero-order valence-corrected chi connectivity index (χ0v) is 13.2. The Labute approximate surface area is 136 Å². The predicted octanol–water partition coefficient (Wildman–Crippen LogP) is 4.71. The molecule has 0 bridgehead atoms. The van der Waals surface area contributed by atoms with Crippen LogP contribution in [-0.4, -0.2) is 12.1 Å². The number of methoxy groups -OCH3 is 1. The number of anilines is 1. The van der Waals surface area contributed by atoms with Crippen molar-refractivity contribution in [2.45, 2.75) is 6.54 Å². The minimum atomic E-state index is -0.348. The minimum absolute atomic E-state index is 0.268. The first kappa shape index (κ1) is 15.4. The summed E-state index contributed by atoms with van der Waals surface area (Å²) in [6, 6.07) is 10.6. The monoisotopic (exact) mass is 332 g/mol. The number of nitrogens with one attached hydrogen (secondary N) is 1. The van der Waals surface area contributed by atoms with Crippen molar-refractivity contribution < 1.29 is 13.5 Å². The summed E-state index contributed by atoms with van der Waals surface area (Å²) in [5.74, 6) is -0.172. The van der Waals surface area contributed by atoms with Crippen LogP contribution in [0.4, 0.5) is 14.5 Å². The summed E-state index contributed by atoms with van der Waals surface area (Å²) in [5.41, 5.74) is 2.42. The molecular weight excluding hydrogens is 318 g/mol. The van der Waals surface area contributed by atoms with Gasteiger partial charge in [0.15, 0.2) is 0 Å². The summed E-state index contributed by atoms with van der Waals surface area (Å²) in [7, 11) is 1.50. The highest BCUT2D eigenvalue weighted by atomic mass is 32.1. The van der Waals surface area contributed by atoms with Crippen LogP contribution in [0, 0.1) is 11.6 Å². The van der Waals surface area contributed by atoms with E-state index in [1.165, 1.54) is 42.7 Å². The number of nitrogens with zero attached hydrogens (tertiary/aromatic N) is 1. The molecule has 0 spiro atoms. The lowest BCUT2D eigenvalue weighted by Gasteiger charge is -2.10. The van der Waals surface area contributed by atoms with Crippen molar-refractivity contribution in [2.75, 3.05) is 12.4 Å². The summed E-state index contributed by atoms with van der Waals surface area (Å²) >= 11 is 1.49. The van der Waals surface area contributed by atoms with Crippen molar-refractivity contribution in [2.24, 2.45) is 0 Å². The molecule has 1 aromatic heterocycles. The van der Waals surface area contributed by atoms with E-state index in [-0.39, 0.29) is 11.6 Å². The maximum absolute atomic E-state index is 13.2. The van der Waals surface area contributed by atoms with Crippen molar-refractivity contribution >= 4 is 17.0 Å². The lowest BCUT2D eigenvalue weighted by atomic mass is 10.2. The number of halogens is 2. The predicted molar refractivity (Wildman–Crippen MR) is 87.8 cm³/mol. The first-order chi connectivity index (χ1) is 11.2. The van der Waals surface area contributed by atoms with E-state index < -0.39 is 0 Å². The molecule has 1 heterocycles. The van der Waals surface area contributed by atoms with Crippen LogP contribution >= 0.6 is 11.3 Å². The number of ether oxygens (including phenoxy) is 1. The van der Waals surface area contributed by atoms with Gasteiger partial charge in [-0.3, -0.25) is 0 Å². The lowest BCUT2D eigenvalue weighted by molar-refractivity contribution is 0.413. The third kappa shape index (κ3) is 3.65. The van der Waals surface area contributed by atoms with Gasteiger partial charge in [-0.2, -0.15) is 0 Å². The summed E-state index contributed by atoms with van der Waals surface area (Å²) in [4.78, 5) is 4.52. The molecule has 0 saturated heterocycles. The van der Waals surface area contributed by atoms with Gasteiger partial charge in [-0.1, -0.05) is 0 Å². The van der Waals surface area contributed by atoms with Gasteiger partial charge in [0.2, 0.25) is 0 Å². The first-order valence-electron chi connectivity index (χ1n) is 6.93. The number of benzene rings is 2. The average Bonchev–Trinajstić information content (AvgIpc) is 3.03. The quantitative estimate of drug-likeness (QED) is 0.735. The zero-order valence-electron chi connectivity index (χ0n) is 12.3. The van der Waals surface area contributed by atoms with Crippen molar-refractivity contribution in [3.8, 4) is 16.3 Å². The number of hydrogen-bond donors (Lipinski definition) is 1. The molecule has 2 aromatic carbocycles. The second-order valence-electron chi connectivity index (χ2n) is 4.85. The highest BCUT2D eigenvalue weighted by molar-refractivity contribution is 7.13. The molecule has 0 aliphatic rings. The van der Waals surface area contributed by atoms with Crippen LogP contribution in [0.3, 0.4) is 0 Å². The molecule has 0 radical (unpaired) electrons. The molecule has 3 nitrogen and oxygen atoms in total. The molecule has 23 heavy (non-hydrogen) atoms. The Morgan fingerprint density at radius 1 is 1.09 bits per heavy atom. The molecule has 1 N–H and O–H groups in total. The molecule has 0 unspecified atom stereocenters. The van der Waals surface area contributed by atoms with Gasteiger partial charge in [0.25, 0.3) is 0 Å². The van der Waals surface area contributed by atoms with Crippen LogP contribution in [0.5, 0.6) is 5.75 Å². The van der Waals surface area contributed by atoms with Gasteiger partial charge in [0.1, 0.15) is 22.4 Å². The molecule has 3 aromatic rings. The van der Waals surface area contributed by atoms with Crippen molar-refractivity contribution in [1.29, 1.82) is 0 Å². The Balaban J connectivity index is 1.71. The van der Waals surface area contributed by atoms with Crippen LogP contribution < -0.4 is 10.1 Å². The fourth-order valence-corrected chi connectivity index (χ4v) is 2.94. The van der Waals surface area contributed by atoms with E-state index in [9.17, 15) is 8.78 Å². The summed E-state index contributed by atoms with van der Waals surface area (Å²) in [6.45, 7) is 0.486. The number of aromatic nitrogens is 1. The molecule has 0 aliphatic heterocycles. The molecular formula is C17H14F2N2OS. The molecule has 0 amide bonds. The summed E-state index contributed by atoms with van der Waals surface area (Å²) < 4.78 is 31.3. The number of rotatable bonds is 5. The Kier molecular flexibility index (Phi) is 4.52. The fraction of sp³-hybridized carbons (Fsp3) is 0.118. The van der Waals surface area contributed by atoms with Gasteiger partial charge in [-0.15, -0.1) is 11.3 Å². The maximum Gasteiger partial charge on any atom is 0.144 e. The van der Waals surface area contributed by atoms with Crippen LogP contribution in [0.25, 0.3) is 10.6 Å². The molecule has 0 fully saturated rings. The standard InChI is InChI=1S/C17H14F2N2OS/c1-22-16-8-13(19)6-7-15(16)20-9-14-10-23-17(21-14)11-2-4-12(18)5-3-11/h2-8,10,20H,9H2,1H3. The van der Waals surface area contributed by atoms with E-state index in [0.717, 1.165) is 16.3 Å². The van der Waals surface area contributed by atoms with Gasteiger partial charge in [0, 0.05) is 17.0 Å². The van der Waals surface area contributed by atoms with E-state index in [1.807, 2.05) is 5.38 Å². The van der Waals surface area contributed by atoms with Gasteiger partial charge in [-0.25, -0.2) is 13.8 Å². The number of hydrogen-bond acceptors (Lipinski definition) is 4.